The fourth-order valence-corrected chi connectivity index (χ4v) is 5.19. The van der Waals surface area contributed by atoms with Crippen LogP contribution < -0.4 is 15.0 Å². The molecule has 2 aliphatic rings. The molecule has 0 amide bonds. The number of rotatable bonds is 10. The second-order valence-electron chi connectivity index (χ2n) is 8.71. The van der Waals surface area contributed by atoms with Crippen molar-refractivity contribution in [1.82, 2.24) is 0 Å². The van der Waals surface area contributed by atoms with Crippen molar-refractivity contribution in [1.29, 1.82) is 0 Å². The maximum absolute atomic E-state index is 10.4. The molecular weight excluding hydrogens is 352 g/mol. The summed E-state index contributed by atoms with van der Waals surface area (Å²) in [6, 6.07) is 7.89. The van der Waals surface area contributed by atoms with E-state index in [2.05, 4.69) is 5.32 Å². The number of ether oxygens (including phenoxy) is 2. The number of quaternary nitrogens is 2. The lowest BCUT2D eigenvalue weighted by atomic mass is 9.79. The van der Waals surface area contributed by atoms with E-state index < -0.39 is 6.10 Å². The summed E-state index contributed by atoms with van der Waals surface area (Å²) in [6.45, 7) is 5.41. The zero-order valence-electron chi connectivity index (χ0n) is 17.6. The van der Waals surface area contributed by atoms with Gasteiger partial charge in [0.2, 0.25) is 0 Å². The maximum atomic E-state index is 10.4. The van der Waals surface area contributed by atoms with Crippen molar-refractivity contribution in [3.8, 4) is 5.75 Å². The second-order valence-corrected chi connectivity index (χ2v) is 8.71. The van der Waals surface area contributed by atoms with Crippen molar-refractivity contribution in [3.63, 3.8) is 0 Å². The molecule has 1 saturated heterocycles. The molecule has 0 radical (unpaired) electrons. The summed E-state index contributed by atoms with van der Waals surface area (Å²) >= 11 is 0. The van der Waals surface area contributed by atoms with E-state index in [0.717, 1.165) is 24.4 Å². The highest BCUT2D eigenvalue weighted by Crippen LogP contribution is 2.25. The predicted molar refractivity (Wildman–Crippen MR) is 111 cm³/mol. The van der Waals surface area contributed by atoms with Gasteiger partial charge in [-0.2, -0.15) is 0 Å². The number of benzene rings is 1. The van der Waals surface area contributed by atoms with Gasteiger partial charge in [0, 0.05) is 18.4 Å². The molecule has 0 spiro atoms. The van der Waals surface area contributed by atoms with Crippen molar-refractivity contribution >= 4 is 0 Å². The topological polar surface area (TPSA) is 59.7 Å². The Bertz CT molecular complexity index is 569. The molecule has 1 saturated carbocycles. The molecule has 2 fully saturated rings. The van der Waals surface area contributed by atoms with Gasteiger partial charge in [0.1, 0.15) is 30.5 Å². The molecule has 1 atom stereocenters. The van der Waals surface area contributed by atoms with Crippen LogP contribution in [0.15, 0.2) is 24.3 Å². The summed E-state index contributed by atoms with van der Waals surface area (Å²) in [6.07, 6.45) is 10.6. The quantitative estimate of drug-likeness (QED) is 0.555. The standard InChI is InChI=1S/C23H38N2O3/c1-27-22-11-5-4-10-20(22)17-28-18-21(26)16-24-19-23(12-6-2-7-13-23)25-14-8-3-9-15-25/h4-5,10-11,21,24,26H,2-3,6-9,12-19H2,1H3/p+2/t21-/m0/s1. The normalized spacial score (nSPS) is 21.4. The molecule has 1 aromatic carbocycles. The van der Waals surface area contributed by atoms with Gasteiger partial charge in [0.05, 0.1) is 33.4 Å². The average Bonchev–Trinajstić information content (AvgIpc) is 2.75. The van der Waals surface area contributed by atoms with Crippen molar-refractivity contribution in [2.45, 2.75) is 69.6 Å². The van der Waals surface area contributed by atoms with Gasteiger partial charge in [0.25, 0.3) is 0 Å². The van der Waals surface area contributed by atoms with Crippen molar-refractivity contribution < 1.29 is 24.8 Å². The van der Waals surface area contributed by atoms with Crippen molar-refractivity contribution in [3.05, 3.63) is 29.8 Å². The SMILES string of the molecule is COc1ccccc1COC[C@@H](O)C[NH2+]CC1([NH+]2CCCCC2)CCCCC1. The van der Waals surface area contributed by atoms with Crippen LogP contribution in [-0.4, -0.2) is 56.6 Å². The number of nitrogens with two attached hydrogens (primary N) is 1. The van der Waals surface area contributed by atoms with Crippen molar-refractivity contribution in [2.75, 3.05) is 39.9 Å². The zero-order valence-corrected chi connectivity index (χ0v) is 17.6. The van der Waals surface area contributed by atoms with Crippen LogP contribution in [0.3, 0.4) is 0 Å². The van der Waals surface area contributed by atoms with Gasteiger partial charge in [-0.1, -0.05) is 24.6 Å². The van der Waals surface area contributed by atoms with Gasteiger partial charge in [-0.3, -0.25) is 0 Å². The molecule has 158 valence electrons. The van der Waals surface area contributed by atoms with Gasteiger partial charge in [-0.25, -0.2) is 0 Å². The van der Waals surface area contributed by atoms with Crippen LogP contribution in [0.4, 0.5) is 0 Å². The first-order valence-electron chi connectivity index (χ1n) is 11.3. The number of piperidine rings is 1. The van der Waals surface area contributed by atoms with Gasteiger partial charge < -0.3 is 24.8 Å². The van der Waals surface area contributed by atoms with Crippen LogP contribution in [0, 0.1) is 0 Å². The fraction of sp³-hybridized carbons (Fsp3) is 0.739. The molecule has 1 aromatic rings. The Morgan fingerprint density at radius 2 is 1.79 bits per heavy atom. The van der Waals surface area contributed by atoms with E-state index in [1.165, 1.54) is 64.5 Å². The first-order valence-corrected chi connectivity index (χ1v) is 11.3. The smallest absolute Gasteiger partial charge is 0.147 e. The number of likely N-dealkylation sites (tertiary alicyclic amines) is 1. The first kappa shape index (κ1) is 21.6. The van der Waals surface area contributed by atoms with Gasteiger partial charge >= 0.3 is 0 Å². The summed E-state index contributed by atoms with van der Waals surface area (Å²) in [7, 11) is 1.67. The molecule has 1 heterocycles. The Labute approximate surface area is 170 Å². The van der Waals surface area contributed by atoms with Crippen LogP contribution >= 0.6 is 0 Å². The summed E-state index contributed by atoms with van der Waals surface area (Å²) in [5, 5.41) is 12.7. The Hall–Kier alpha value is -1.14. The summed E-state index contributed by atoms with van der Waals surface area (Å²) in [5.74, 6) is 0.840. The highest BCUT2D eigenvalue weighted by atomic mass is 16.5. The number of para-hydroxylation sites is 1. The highest BCUT2D eigenvalue weighted by Gasteiger charge is 2.43. The minimum absolute atomic E-state index is 0.373. The Morgan fingerprint density at radius 3 is 2.54 bits per heavy atom. The third-order valence-electron chi connectivity index (χ3n) is 6.75. The first-order chi connectivity index (χ1) is 13.7. The molecule has 5 nitrogen and oxygen atoms in total. The van der Waals surface area contributed by atoms with Crippen LogP contribution in [0.25, 0.3) is 0 Å². The molecule has 1 aliphatic carbocycles. The summed E-state index contributed by atoms with van der Waals surface area (Å²) in [5.41, 5.74) is 1.47. The molecule has 5 heteroatoms. The number of hydrogen-bond acceptors (Lipinski definition) is 3. The number of aliphatic hydroxyl groups excluding tert-OH is 1. The van der Waals surface area contributed by atoms with Gasteiger partial charge in [-0.15, -0.1) is 0 Å². The third kappa shape index (κ3) is 5.93. The largest absolute Gasteiger partial charge is 0.496 e. The minimum atomic E-state index is -0.424. The van der Waals surface area contributed by atoms with Crippen molar-refractivity contribution in [2.24, 2.45) is 0 Å². The lowest BCUT2D eigenvalue weighted by Gasteiger charge is -2.43. The van der Waals surface area contributed by atoms with Crippen LogP contribution in [0.2, 0.25) is 0 Å². The number of hydrogen-bond donors (Lipinski definition) is 3. The minimum Gasteiger partial charge on any atom is -0.496 e. The molecule has 0 bridgehead atoms. The monoisotopic (exact) mass is 392 g/mol. The summed E-state index contributed by atoms with van der Waals surface area (Å²) in [4.78, 5) is 1.84. The number of aliphatic hydroxyl groups is 1. The third-order valence-corrected chi connectivity index (χ3v) is 6.75. The zero-order chi connectivity index (χ0) is 19.7. The molecular formula is C23H40N2O3+2. The fourth-order valence-electron chi connectivity index (χ4n) is 5.19. The highest BCUT2D eigenvalue weighted by molar-refractivity contribution is 5.32. The second kappa shape index (κ2) is 11.1. The van der Waals surface area contributed by atoms with Crippen LogP contribution in [-0.2, 0) is 11.3 Å². The van der Waals surface area contributed by atoms with E-state index in [1.54, 1.807) is 7.11 Å². The molecule has 28 heavy (non-hydrogen) atoms. The Morgan fingerprint density at radius 1 is 1.07 bits per heavy atom. The summed E-state index contributed by atoms with van der Waals surface area (Å²) < 4.78 is 11.1. The van der Waals surface area contributed by atoms with E-state index in [0.29, 0.717) is 18.8 Å². The molecule has 0 unspecified atom stereocenters. The number of methoxy groups -OCH3 is 1. The Kier molecular flexibility index (Phi) is 8.59. The molecule has 1 aliphatic heterocycles. The maximum Gasteiger partial charge on any atom is 0.147 e. The van der Waals surface area contributed by atoms with E-state index >= 15 is 0 Å². The van der Waals surface area contributed by atoms with E-state index in [9.17, 15) is 5.11 Å². The molecule has 3 rings (SSSR count). The van der Waals surface area contributed by atoms with Gasteiger partial charge in [0.15, 0.2) is 0 Å². The van der Waals surface area contributed by atoms with Crippen LogP contribution in [0.1, 0.15) is 56.9 Å². The van der Waals surface area contributed by atoms with E-state index in [1.807, 2.05) is 29.2 Å². The van der Waals surface area contributed by atoms with E-state index in [-0.39, 0.29) is 0 Å². The number of nitrogens with one attached hydrogen (secondary N) is 1. The predicted octanol–water partition coefficient (Wildman–Crippen LogP) is 0.908. The molecule has 4 N–H and O–H groups in total. The van der Waals surface area contributed by atoms with Crippen LogP contribution in [0.5, 0.6) is 5.75 Å². The lowest BCUT2D eigenvalue weighted by molar-refractivity contribution is -0.972. The molecule has 0 aromatic heterocycles. The average molecular weight is 393 g/mol. The van der Waals surface area contributed by atoms with E-state index in [4.69, 9.17) is 9.47 Å². The Balaban J connectivity index is 1.41. The van der Waals surface area contributed by atoms with Gasteiger partial charge in [-0.05, 0) is 38.2 Å². The lowest BCUT2D eigenvalue weighted by Crippen LogP contribution is -3.24.